The Morgan fingerprint density at radius 3 is 1.88 bits per heavy atom. The van der Waals surface area contributed by atoms with Crippen molar-refractivity contribution in [3.05, 3.63) is 12.2 Å². The average Bonchev–Trinajstić information content (AvgIpc) is 3.19. The van der Waals surface area contributed by atoms with E-state index in [0.717, 1.165) is 31.3 Å². The monoisotopic (exact) mass is 820 g/mol. The molecule has 21 atom stereocenters. The molecule has 0 bridgehead atoms. The summed E-state index contributed by atoms with van der Waals surface area (Å²) in [6, 6.07) is 0. The van der Waals surface area contributed by atoms with Crippen LogP contribution < -0.4 is 0 Å². The van der Waals surface area contributed by atoms with Crippen LogP contribution in [-0.4, -0.2) is 187 Å². The highest BCUT2D eigenvalue weighted by Gasteiger charge is 2.64. The molecule has 18 heteroatoms. The Morgan fingerprint density at radius 2 is 1.28 bits per heavy atom. The zero-order valence-electron chi connectivity index (χ0n) is 32.9. The fraction of sp³-hybridized carbons (Fsp3) is 0.923. The fourth-order valence-electron chi connectivity index (χ4n) is 11.4. The van der Waals surface area contributed by atoms with E-state index in [0.29, 0.717) is 25.7 Å². The van der Waals surface area contributed by atoms with Crippen molar-refractivity contribution in [2.45, 2.75) is 170 Å². The van der Waals surface area contributed by atoms with E-state index >= 15 is 0 Å². The number of aliphatic hydroxyl groups excluding tert-OH is 11. The Bertz CT molecular complexity index is 1400. The lowest BCUT2D eigenvalue weighted by molar-refractivity contribution is -0.344. The lowest BCUT2D eigenvalue weighted by Crippen LogP contribution is -2.65. The van der Waals surface area contributed by atoms with Gasteiger partial charge >= 0.3 is 5.97 Å². The first kappa shape index (κ1) is 45.1. The van der Waals surface area contributed by atoms with E-state index in [2.05, 4.69) is 20.4 Å². The second-order valence-electron chi connectivity index (χ2n) is 17.8. The highest BCUT2D eigenvalue weighted by molar-refractivity contribution is 5.77. The number of aliphatic hydroxyl groups is 11. The predicted octanol–water partition coefficient (Wildman–Crippen LogP) is -2.65. The Hall–Kier alpha value is -1.43. The van der Waals surface area contributed by atoms with E-state index in [1.165, 1.54) is 0 Å². The topological polar surface area (TPSA) is 295 Å². The highest BCUT2D eigenvalue weighted by atomic mass is 16.7. The molecule has 3 heterocycles. The number of hydrogen-bond acceptors (Lipinski definition) is 18. The maximum Gasteiger partial charge on any atom is 0.314 e. The Kier molecular flexibility index (Phi) is 13.9. The van der Waals surface area contributed by atoms with Crippen LogP contribution >= 0.6 is 0 Å². The van der Waals surface area contributed by atoms with Gasteiger partial charge in [-0.1, -0.05) is 26.8 Å². The number of hydrogen-bond donors (Lipinski definition) is 11. The summed E-state index contributed by atoms with van der Waals surface area (Å²) >= 11 is 0. The molecule has 3 aliphatic heterocycles. The van der Waals surface area contributed by atoms with Crippen molar-refractivity contribution < 1.29 is 89.4 Å². The van der Waals surface area contributed by atoms with Crippen molar-refractivity contribution in [2.75, 3.05) is 26.4 Å². The van der Waals surface area contributed by atoms with Gasteiger partial charge in [0.25, 0.3) is 0 Å². The molecule has 6 fully saturated rings. The van der Waals surface area contributed by atoms with Crippen molar-refractivity contribution in [2.24, 2.45) is 28.1 Å². The summed E-state index contributed by atoms with van der Waals surface area (Å²) in [5, 5.41) is 114. The van der Waals surface area contributed by atoms with E-state index in [-0.39, 0.29) is 23.9 Å². The number of carbonyl (C=O) groups is 1. The van der Waals surface area contributed by atoms with Crippen molar-refractivity contribution in [1.82, 2.24) is 0 Å². The van der Waals surface area contributed by atoms with Crippen molar-refractivity contribution in [1.29, 1.82) is 0 Å². The average molecular weight is 821 g/mol. The first-order chi connectivity index (χ1) is 26.9. The molecule has 3 saturated heterocycles. The molecule has 0 spiro atoms. The summed E-state index contributed by atoms with van der Waals surface area (Å²) < 4.78 is 35.2. The van der Waals surface area contributed by atoms with Crippen LogP contribution in [-0.2, 0) is 33.2 Å². The van der Waals surface area contributed by atoms with Crippen molar-refractivity contribution in [3.63, 3.8) is 0 Å². The van der Waals surface area contributed by atoms with E-state index in [1.54, 1.807) is 0 Å². The maximum atomic E-state index is 14.2. The van der Waals surface area contributed by atoms with Gasteiger partial charge in [0.15, 0.2) is 6.29 Å². The Balaban J connectivity index is 1.20. The first-order valence-corrected chi connectivity index (χ1v) is 20.3. The molecule has 0 radical (unpaired) electrons. The van der Waals surface area contributed by atoms with Crippen LogP contribution in [0.4, 0.5) is 0 Å². The molecule has 18 unspecified atom stereocenters. The van der Waals surface area contributed by atoms with E-state index in [9.17, 15) is 61.0 Å². The molecule has 0 aromatic heterocycles. The lowest BCUT2D eigenvalue weighted by atomic mass is 9.39. The van der Waals surface area contributed by atoms with Gasteiger partial charge in [-0.15, -0.1) is 0 Å². The van der Waals surface area contributed by atoms with Crippen LogP contribution in [0.3, 0.4) is 0 Å². The van der Waals surface area contributed by atoms with Gasteiger partial charge in [0.05, 0.1) is 37.9 Å². The third-order valence-electron chi connectivity index (χ3n) is 14.7. The highest BCUT2D eigenvalue weighted by Crippen LogP contribution is 2.69. The number of rotatable bonds is 11. The summed E-state index contributed by atoms with van der Waals surface area (Å²) in [5.41, 5.74) is -0.703. The Labute approximate surface area is 331 Å². The van der Waals surface area contributed by atoms with Gasteiger partial charge in [-0.05, 0) is 80.1 Å². The largest absolute Gasteiger partial charge is 0.432 e. The van der Waals surface area contributed by atoms with Crippen LogP contribution in [0.1, 0.15) is 72.1 Å². The molecular weight excluding hydrogens is 756 g/mol. The number of ether oxygens (including phenoxy) is 6. The molecule has 328 valence electrons. The van der Waals surface area contributed by atoms with Crippen molar-refractivity contribution in [3.8, 4) is 0 Å². The SMILES string of the molecule is C=C1C[C@@]2(CC)CCC3[C@@](C)(CCC[C@@]3(C)C(=O)OC3OC(CO)C(O)C(O)C3O)C2CC1OCC1OC(CO)C(O)C(O)C1OC1OC(CO)C(O)C(O)C1O. The maximum absolute atomic E-state index is 14.2. The molecule has 57 heavy (non-hydrogen) atoms. The summed E-state index contributed by atoms with van der Waals surface area (Å²) in [6.45, 7) is 8.40. The number of carbonyl (C=O) groups excluding carboxylic acids is 1. The molecule has 3 saturated carbocycles. The zero-order chi connectivity index (χ0) is 41.8. The molecule has 6 aliphatic rings. The molecule has 0 amide bonds. The third-order valence-corrected chi connectivity index (χ3v) is 14.7. The summed E-state index contributed by atoms with van der Waals surface area (Å²) in [4.78, 5) is 14.2. The predicted molar refractivity (Wildman–Crippen MR) is 193 cm³/mol. The quantitative estimate of drug-likeness (QED) is 0.0750. The van der Waals surface area contributed by atoms with Gasteiger partial charge in [0.1, 0.15) is 79.4 Å². The molecular formula is C39H64O18. The smallest absolute Gasteiger partial charge is 0.314 e. The molecule has 0 aromatic carbocycles. The van der Waals surface area contributed by atoms with Crippen LogP contribution in [0.2, 0.25) is 0 Å². The van der Waals surface area contributed by atoms with E-state index in [4.69, 9.17) is 28.4 Å². The minimum atomic E-state index is -1.79. The molecule has 18 nitrogen and oxygen atoms in total. The van der Waals surface area contributed by atoms with Gasteiger partial charge in [-0.25, -0.2) is 0 Å². The first-order valence-electron chi connectivity index (χ1n) is 20.3. The van der Waals surface area contributed by atoms with Crippen molar-refractivity contribution >= 4 is 5.97 Å². The number of fused-ring (bicyclic) bond motifs is 3. The van der Waals surface area contributed by atoms with E-state index in [1.807, 2.05) is 6.92 Å². The minimum absolute atomic E-state index is 0.0370. The van der Waals surface area contributed by atoms with E-state index < -0.39 is 135 Å². The molecule has 6 rings (SSSR count). The van der Waals surface area contributed by atoms with Crippen LogP contribution in [0, 0.1) is 28.1 Å². The molecule has 0 aromatic rings. The third kappa shape index (κ3) is 7.97. The van der Waals surface area contributed by atoms with Gasteiger partial charge < -0.3 is 84.6 Å². The van der Waals surface area contributed by atoms with Gasteiger partial charge in [0, 0.05) is 0 Å². The standard InChI is InChI=1S/C39H64O18/c1-5-39-10-7-23-37(3,8-6-9-38(23,4)36(51)57-35-32(50)29(47)26(44)21(15-42)55-35)24(39)11-18(17(2)12-39)52-16-22-33(30(48)27(45)19(13-40)53-22)56-34-31(49)28(46)25(43)20(14-41)54-34/h18-35,40-50H,2,5-16H2,1,3-4H3/t18?,19?,20?,21?,22?,23?,24?,25?,26?,27?,28?,29?,30?,31?,32?,33?,34?,35?,37-,38-,39-/m1/s1. The van der Waals surface area contributed by atoms with Crippen LogP contribution in [0.15, 0.2) is 12.2 Å². The van der Waals surface area contributed by atoms with Gasteiger partial charge in [-0.3, -0.25) is 4.79 Å². The number of esters is 1. The summed E-state index contributed by atoms with van der Waals surface area (Å²) in [5.74, 6) is -0.721. The van der Waals surface area contributed by atoms with Crippen LogP contribution in [0.5, 0.6) is 0 Å². The molecule has 11 N–H and O–H groups in total. The van der Waals surface area contributed by atoms with Crippen LogP contribution in [0.25, 0.3) is 0 Å². The second-order valence-corrected chi connectivity index (χ2v) is 17.8. The summed E-state index contributed by atoms with van der Waals surface area (Å²) in [6.07, 6.45) is -18.0. The van der Waals surface area contributed by atoms with Gasteiger partial charge in [-0.2, -0.15) is 0 Å². The fourth-order valence-corrected chi connectivity index (χ4v) is 11.4. The van der Waals surface area contributed by atoms with Gasteiger partial charge in [0.2, 0.25) is 6.29 Å². The normalized spacial score (nSPS) is 51.8. The molecule has 3 aliphatic carbocycles. The minimum Gasteiger partial charge on any atom is -0.432 e. The summed E-state index contributed by atoms with van der Waals surface area (Å²) in [7, 11) is 0. The Morgan fingerprint density at radius 1 is 0.719 bits per heavy atom. The lowest BCUT2D eigenvalue weighted by Gasteiger charge is -2.65. The zero-order valence-corrected chi connectivity index (χ0v) is 32.9. The second kappa shape index (κ2) is 17.5.